The molecular weight excluding hydrogens is 1300 g/mol. The Morgan fingerprint density at radius 3 is 0.762 bits per heavy atom. The summed E-state index contributed by atoms with van der Waals surface area (Å²) in [5.74, 6) is -2.34. The van der Waals surface area contributed by atoms with Crippen LogP contribution in [0, 0.1) is 0 Å². The fraction of sp³-hybridized carbons (Fsp3) is 0.531. The van der Waals surface area contributed by atoms with Gasteiger partial charge in [-0.2, -0.15) is 0 Å². The number of unbranched alkanes of at least 4 members (excludes halogenated alkanes) is 15. The van der Waals surface area contributed by atoms with E-state index >= 15 is 0 Å². The van der Waals surface area contributed by atoms with Gasteiger partial charge in [-0.15, -0.1) is 0 Å². The molecule has 0 heterocycles. The van der Waals surface area contributed by atoms with Crippen molar-refractivity contribution >= 4 is 17.9 Å². The van der Waals surface area contributed by atoms with Crippen LogP contribution in [0.15, 0.2) is 255 Å². The van der Waals surface area contributed by atoms with Crippen LogP contribution in [-0.2, 0) is 33.3 Å². The number of hydrogen-bond acceptors (Lipinski definition) is 8. The van der Waals surface area contributed by atoms with Crippen LogP contribution in [-0.4, -0.2) is 82.3 Å². The minimum Gasteiger partial charge on any atom is -0.545 e. The van der Waals surface area contributed by atoms with Crippen molar-refractivity contribution in [3.8, 4) is 0 Å². The minimum absolute atomic E-state index is 0.129. The highest BCUT2D eigenvalue weighted by atomic mass is 16.7. The van der Waals surface area contributed by atoms with E-state index in [1.807, 2.05) is 21.1 Å². The van der Waals surface area contributed by atoms with E-state index in [0.29, 0.717) is 17.4 Å². The van der Waals surface area contributed by atoms with E-state index in [4.69, 9.17) is 18.9 Å². The first-order valence-corrected chi connectivity index (χ1v) is 40.8. The number of aliphatic carboxylic acids is 1. The highest BCUT2D eigenvalue weighted by Gasteiger charge is 2.22. The third-order valence-corrected chi connectivity index (χ3v) is 16.3. The summed E-state index contributed by atoms with van der Waals surface area (Å²) in [4.78, 5) is 37.6. The summed E-state index contributed by atoms with van der Waals surface area (Å²) >= 11 is 0. The van der Waals surface area contributed by atoms with E-state index in [1.165, 1.54) is 38.5 Å². The Morgan fingerprint density at radius 1 is 0.286 bits per heavy atom. The van der Waals surface area contributed by atoms with E-state index in [-0.39, 0.29) is 38.6 Å². The number of likely N-dealkylation sites (N-methyl/N-ethyl adjacent to an activating group) is 1. The number of carbonyl (C=O) groups is 3. The maximum absolute atomic E-state index is 13.0. The summed E-state index contributed by atoms with van der Waals surface area (Å²) in [6.07, 6.45) is 131. The molecular formula is C96H147NO8. The van der Waals surface area contributed by atoms with Gasteiger partial charge in [0.15, 0.2) is 12.4 Å². The van der Waals surface area contributed by atoms with Crippen LogP contribution in [0.5, 0.6) is 0 Å². The lowest BCUT2D eigenvalue weighted by molar-refractivity contribution is -0.870. The largest absolute Gasteiger partial charge is 0.545 e. The fourth-order valence-corrected chi connectivity index (χ4v) is 10.2. The molecule has 0 saturated heterocycles. The molecule has 9 heteroatoms. The molecule has 0 amide bonds. The smallest absolute Gasteiger partial charge is 0.306 e. The Balaban J connectivity index is 4.20. The molecule has 0 bridgehead atoms. The molecule has 9 nitrogen and oxygen atoms in total. The first-order valence-electron chi connectivity index (χ1n) is 40.8. The van der Waals surface area contributed by atoms with Crippen molar-refractivity contribution < 1.29 is 42.9 Å². The van der Waals surface area contributed by atoms with Crippen molar-refractivity contribution in [3.63, 3.8) is 0 Å². The number of carboxylic acid groups (broad SMARTS) is 1. The van der Waals surface area contributed by atoms with Crippen molar-refractivity contribution in [2.24, 2.45) is 0 Å². The van der Waals surface area contributed by atoms with Crippen LogP contribution in [0.2, 0.25) is 0 Å². The lowest BCUT2D eigenvalue weighted by atomic mass is 10.1. The molecule has 0 aromatic heterocycles. The van der Waals surface area contributed by atoms with Crippen molar-refractivity contribution in [2.75, 3.05) is 47.5 Å². The number of carbonyl (C=O) groups excluding carboxylic acids is 3. The van der Waals surface area contributed by atoms with Gasteiger partial charge in [-0.3, -0.25) is 9.59 Å². The monoisotopic (exact) mass is 1440 g/mol. The van der Waals surface area contributed by atoms with Gasteiger partial charge in [0.25, 0.3) is 0 Å². The van der Waals surface area contributed by atoms with Gasteiger partial charge in [0.1, 0.15) is 13.2 Å². The van der Waals surface area contributed by atoms with Crippen LogP contribution in [0.4, 0.5) is 0 Å². The second-order valence-corrected chi connectivity index (χ2v) is 27.2. The zero-order valence-corrected chi connectivity index (χ0v) is 66.7. The molecule has 0 rings (SSSR count). The molecule has 2 atom stereocenters. The Bertz CT molecular complexity index is 2690. The topological polar surface area (TPSA) is 111 Å². The SMILES string of the molecule is CC/C=C\C/C=C\C/C=C\C/C=C\C/C=C\C/C=C\C/C=C\C/C=C\C/C=C\C/C=C\C/C=C\CCCCCCCC(=O)OC(COC(=O)CCCCCCCCCCCC/C=C\C/C=C\C/C=C\C/C=C\C/C=C\C/C=C\C/C=C\C/C=C\C/C=C\C/C=C\CC)COC(OCC[N+](C)(C)C)C(=O)[O-]. The van der Waals surface area contributed by atoms with Gasteiger partial charge in [0.05, 0.1) is 40.3 Å². The first kappa shape index (κ1) is 97.8. The normalized spacial score (nSPS) is 14.0. The Hall–Kier alpha value is -7.17. The van der Waals surface area contributed by atoms with Gasteiger partial charge in [-0.1, -0.05) is 340 Å². The second kappa shape index (κ2) is 82.5. The molecule has 0 spiro atoms. The van der Waals surface area contributed by atoms with Crippen molar-refractivity contribution in [1.29, 1.82) is 0 Å². The van der Waals surface area contributed by atoms with Gasteiger partial charge in [-0.25, -0.2) is 0 Å². The molecule has 105 heavy (non-hydrogen) atoms. The van der Waals surface area contributed by atoms with Gasteiger partial charge >= 0.3 is 11.9 Å². The highest BCUT2D eigenvalue weighted by Crippen LogP contribution is 2.15. The van der Waals surface area contributed by atoms with Crippen molar-refractivity contribution in [3.05, 3.63) is 255 Å². The summed E-state index contributed by atoms with van der Waals surface area (Å²) in [7, 11) is 5.91. The summed E-state index contributed by atoms with van der Waals surface area (Å²) in [6, 6.07) is 0. The molecule has 0 radical (unpaired) electrons. The molecule has 0 aliphatic carbocycles. The summed E-state index contributed by atoms with van der Waals surface area (Å²) in [6.45, 7) is 4.46. The number of rotatable bonds is 72. The first-order chi connectivity index (χ1) is 51.6. The standard InChI is InChI=1S/C96H147NO8/c1-6-8-10-12-14-16-18-20-22-24-26-28-30-32-34-36-38-40-42-44-46-47-49-50-52-54-56-58-60-62-64-66-68-70-72-74-76-78-80-82-84-86-93(98)103-90-92(91-104-96(95(100)101)102-89-88-97(3,4)5)105-94(99)87-85-83-81-79-77-75-73-71-69-67-65-63-61-59-57-55-53-51-48-45-43-41-39-37-35-33-31-29-27-25-23-21-19-17-15-13-11-9-7-2/h8-11,14-17,20-23,26-29,32-35,38-41,44-46,48-50,53-56,59-62,65,67,71,73,92,96H,6-7,12-13,18-19,24-25,30-31,36-37,42-43,47,51-52,57-58,63-64,66,68-70,72,74-91H2,1-5H3/b10-8-,11-9-,16-14-,17-15-,22-20-,23-21-,28-26-,29-27-,34-32-,35-33-,40-38-,41-39-,46-44-,48-45-,50-49-,55-53-,56-54-,61-59-,62-60-,67-65-,73-71-. The van der Waals surface area contributed by atoms with Crippen LogP contribution in [0.25, 0.3) is 0 Å². The lowest BCUT2D eigenvalue weighted by Crippen LogP contribution is -2.44. The van der Waals surface area contributed by atoms with E-state index < -0.39 is 24.3 Å². The number of allylic oxidation sites excluding steroid dienone is 42. The Kier molecular flexibility index (Phi) is 76.9. The molecule has 0 aromatic rings. The van der Waals surface area contributed by atoms with Gasteiger partial charge in [-0.05, 0) is 173 Å². The van der Waals surface area contributed by atoms with E-state index in [0.717, 1.165) is 199 Å². The van der Waals surface area contributed by atoms with Crippen molar-refractivity contribution in [1.82, 2.24) is 0 Å². The third-order valence-electron chi connectivity index (χ3n) is 16.3. The third kappa shape index (κ3) is 84.0. The van der Waals surface area contributed by atoms with E-state index in [1.54, 1.807) is 0 Å². The van der Waals surface area contributed by atoms with Crippen molar-refractivity contribution in [2.45, 2.75) is 283 Å². The molecule has 0 fully saturated rings. The Labute approximate surface area is 643 Å². The van der Waals surface area contributed by atoms with E-state index in [9.17, 15) is 19.5 Å². The van der Waals surface area contributed by atoms with Crippen LogP contribution >= 0.6 is 0 Å². The average molecular weight is 1440 g/mol. The number of hydrogen-bond donors (Lipinski definition) is 0. The summed E-state index contributed by atoms with van der Waals surface area (Å²) in [5.41, 5.74) is 0. The van der Waals surface area contributed by atoms with E-state index in [2.05, 4.69) is 269 Å². The van der Waals surface area contributed by atoms with Crippen LogP contribution in [0.3, 0.4) is 0 Å². The maximum Gasteiger partial charge on any atom is 0.306 e. The predicted molar refractivity (Wildman–Crippen MR) is 452 cm³/mol. The fourth-order valence-electron chi connectivity index (χ4n) is 10.2. The molecule has 0 aliphatic heterocycles. The average Bonchev–Trinajstić information content (AvgIpc) is 1.97. The number of quaternary nitrogens is 1. The second-order valence-electron chi connectivity index (χ2n) is 27.2. The molecule has 0 aliphatic rings. The lowest BCUT2D eigenvalue weighted by Gasteiger charge is -2.26. The van der Waals surface area contributed by atoms with Crippen LogP contribution < -0.4 is 5.11 Å². The molecule has 584 valence electrons. The summed E-state index contributed by atoms with van der Waals surface area (Å²) in [5, 5.41) is 11.9. The zero-order valence-electron chi connectivity index (χ0n) is 66.7. The van der Waals surface area contributed by atoms with Gasteiger partial charge in [0, 0.05) is 12.8 Å². The highest BCUT2D eigenvalue weighted by molar-refractivity contribution is 5.70. The van der Waals surface area contributed by atoms with Gasteiger partial charge < -0.3 is 33.3 Å². The number of nitrogens with zero attached hydrogens (tertiary/aromatic N) is 1. The number of ether oxygens (including phenoxy) is 4. The van der Waals surface area contributed by atoms with Crippen LogP contribution in [0.1, 0.15) is 271 Å². The molecule has 0 aromatic carbocycles. The zero-order chi connectivity index (χ0) is 76.0. The van der Waals surface area contributed by atoms with Gasteiger partial charge in [0.2, 0.25) is 0 Å². The quantitative estimate of drug-likeness (QED) is 0.0195. The molecule has 0 N–H and O–H groups in total. The maximum atomic E-state index is 13.0. The Morgan fingerprint density at radius 2 is 0.514 bits per heavy atom. The number of carboxylic acids is 1. The minimum atomic E-state index is -1.65. The molecule has 0 saturated carbocycles. The summed E-state index contributed by atoms with van der Waals surface area (Å²) < 4.78 is 22.8. The predicted octanol–water partition coefficient (Wildman–Crippen LogP) is 25.6. The molecule has 2 unspecified atom stereocenters. The number of esters is 2.